The van der Waals surface area contributed by atoms with Gasteiger partial charge in [0, 0.05) is 24.0 Å². The van der Waals surface area contributed by atoms with Crippen molar-refractivity contribution in [2.24, 2.45) is 0 Å². The highest BCUT2D eigenvalue weighted by Gasteiger charge is 2.04. The summed E-state index contributed by atoms with van der Waals surface area (Å²) in [4.78, 5) is 4.39. The lowest BCUT2D eigenvalue weighted by Gasteiger charge is -2.04. The van der Waals surface area contributed by atoms with E-state index in [4.69, 9.17) is 0 Å². The Morgan fingerprint density at radius 3 is 2.83 bits per heavy atom. The first-order chi connectivity index (χ1) is 8.69. The largest absolute Gasteiger partial charge is 0.307 e. The number of benzene rings is 1. The second kappa shape index (κ2) is 6.02. The Bertz CT molecular complexity index is 525. The van der Waals surface area contributed by atoms with Crippen molar-refractivity contribution >= 4 is 11.3 Å². The SMILES string of the molecule is CCc1nc(CNCc2cc(F)ccc2F)cs1. The van der Waals surface area contributed by atoms with Crippen molar-refractivity contribution < 1.29 is 8.78 Å². The number of aromatic nitrogens is 1. The van der Waals surface area contributed by atoms with Crippen molar-refractivity contribution in [2.45, 2.75) is 26.4 Å². The van der Waals surface area contributed by atoms with Gasteiger partial charge in [-0.3, -0.25) is 0 Å². The van der Waals surface area contributed by atoms with Crippen molar-refractivity contribution in [1.29, 1.82) is 0 Å². The van der Waals surface area contributed by atoms with Crippen LogP contribution in [0.4, 0.5) is 8.78 Å². The molecule has 0 saturated heterocycles. The molecule has 1 aromatic heterocycles. The van der Waals surface area contributed by atoms with Crippen molar-refractivity contribution in [3.05, 3.63) is 51.5 Å². The average Bonchev–Trinajstić information content (AvgIpc) is 2.81. The summed E-state index contributed by atoms with van der Waals surface area (Å²) in [5.41, 5.74) is 1.27. The molecule has 2 aromatic rings. The van der Waals surface area contributed by atoms with Crippen LogP contribution in [0.3, 0.4) is 0 Å². The summed E-state index contributed by atoms with van der Waals surface area (Å²) in [6.45, 7) is 2.91. The molecule has 0 atom stereocenters. The molecule has 2 rings (SSSR count). The fraction of sp³-hybridized carbons (Fsp3) is 0.308. The summed E-state index contributed by atoms with van der Waals surface area (Å²) in [7, 11) is 0. The van der Waals surface area contributed by atoms with Gasteiger partial charge in [0.25, 0.3) is 0 Å². The number of nitrogens with one attached hydrogen (secondary N) is 1. The number of hydrogen-bond acceptors (Lipinski definition) is 3. The molecule has 5 heteroatoms. The maximum atomic E-state index is 13.3. The maximum absolute atomic E-state index is 13.3. The molecular formula is C13H14F2N2S. The lowest BCUT2D eigenvalue weighted by molar-refractivity contribution is 0.567. The number of hydrogen-bond donors (Lipinski definition) is 1. The minimum absolute atomic E-state index is 0.294. The van der Waals surface area contributed by atoms with E-state index in [1.807, 2.05) is 5.38 Å². The first kappa shape index (κ1) is 13.1. The lowest BCUT2D eigenvalue weighted by Crippen LogP contribution is -2.14. The van der Waals surface area contributed by atoms with Crippen LogP contribution in [0.25, 0.3) is 0 Å². The summed E-state index contributed by atoms with van der Waals surface area (Å²) < 4.78 is 26.3. The third-order valence-corrected chi connectivity index (χ3v) is 3.57. The number of halogens is 2. The minimum Gasteiger partial charge on any atom is -0.307 e. The molecule has 0 radical (unpaired) electrons. The van der Waals surface area contributed by atoms with E-state index >= 15 is 0 Å². The maximum Gasteiger partial charge on any atom is 0.127 e. The number of thiazole rings is 1. The predicted octanol–water partition coefficient (Wildman–Crippen LogP) is 3.27. The van der Waals surface area contributed by atoms with Gasteiger partial charge in [-0.05, 0) is 24.6 Å². The summed E-state index contributed by atoms with van der Waals surface area (Å²) >= 11 is 1.62. The molecule has 2 nitrogen and oxygen atoms in total. The molecule has 1 N–H and O–H groups in total. The second-order valence-corrected chi connectivity index (χ2v) is 4.87. The smallest absolute Gasteiger partial charge is 0.127 e. The van der Waals surface area contributed by atoms with Crippen LogP contribution in [-0.2, 0) is 19.5 Å². The van der Waals surface area contributed by atoms with Gasteiger partial charge in [0.2, 0.25) is 0 Å². The van der Waals surface area contributed by atoms with E-state index in [1.165, 1.54) is 6.07 Å². The number of aryl methyl sites for hydroxylation is 1. The van der Waals surface area contributed by atoms with Gasteiger partial charge < -0.3 is 5.32 Å². The highest BCUT2D eigenvalue weighted by atomic mass is 32.1. The van der Waals surface area contributed by atoms with Crippen LogP contribution in [0.5, 0.6) is 0 Å². The number of rotatable bonds is 5. The molecule has 1 heterocycles. The van der Waals surface area contributed by atoms with Crippen LogP contribution in [0.1, 0.15) is 23.2 Å². The van der Waals surface area contributed by atoms with Crippen LogP contribution >= 0.6 is 11.3 Å². The normalized spacial score (nSPS) is 10.8. The van der Waals surface area contributed by atoms with Crippen LogP contribution in [0.15, 0.2) is 23.6 Å². The molecule has 96 valence electrons. The van der Waals surface area contributed by atoms with Gasteiger partial charge in [-0.1, -0.05) is 6.92 Å². The van der Waals surface area contributed by atoms with Crippen LogP contribution < -0.4 is 5.32 Å². The van der Waals surface area contributed by atoms with Gasteiger partial charge in [0.1, 0.15) is 11.6 Å². The molecule has 0 saturated carbocycles. The van der Waals surface area contributed by atoms with Crippen molar-refractivity contribution in [2.75, 3.05) is 0 Å². The third kappa shape index (κ3) is 3.34. The first-order valence-corrected chi connectivity index (χ1v) is 6.65. The Labute approximate surface area is 109 Å². The molecule has 1 aromatic carbocycles. The molecule has 18 heavy (non-hydrogen) atoms. The van der Waals surface area contributed by atoms with Gasteiger partial charge in [-0.25, -0.2) is 13.8 Å². The zero-order valence-electron chi connectivity index (χ0n) is 10.0. The monoisotopic (exact) mass is 268 g/mol. The zero-order chi connectivity index (χ0) is 13.0. The van der Waals surface area contributed by atoms with Gasteiger partial charge in [0.05, 0.1) is 10.7 Å². The highest BCUT2D eigenvalue weighted by molar-refractivity contribution is 7.09. The lowest BCUT2D eigenvalue weighted by atomic mass is 10.2. The molecular weight excluding hydrogens is 254 g/mol. The highest BCUT2D eigenvalue weighted by Crippen LogP contribution is 2.11. The van der Waals surface area contributed by atoms with Gasteiger partial charge in [-0.2, -0.15) is 0 Å². The minimum atomic E-state index is -0.421. The van der Waals surface area contributed by atoms with Crippen molar-refractivity contribution in [3.63, 3.8) is 0 Å². The Kier molecular flexibility index (Phi) is 4.38. The van der Waals surface area contributed by atoms with E-state index in [1.54, 1.807) is 11.3 Å². The molecule has 0 unspecified atom stereocenters. The zero-order valence-corrected chi connectivity index (χ0v) is 10.9. The van der Waals surface area contributed by atoms with Crippen molar-refractivity contribution in [1.82, 2.24) is 10.3 Å². The molecule has 0 amide bonds. The van der Waals surface area contributed by atoms with Gasteiger partial charge in [0.15, 0.2) is 0 Å². The Hall–Kier alpha value is -1.33. The molecule has 0 fully saturated rings. The quantitative estimate of drug-likeness (QED) is 0.900. The van der Waals surface area contributed by atoms with Crippen LogP contribution in [0.2, 0.25) is 0 Å². The predicted molar refractivity (Wildman–Crippen MR) is 68.4 cm³/mol. The van der Waals surface area contributed by atoms with E-state index in [0.717, 1.165) is 29.3 Å². The third-order valence-electron chi connectivity index (χ3n) is 2.53. The Balaban J connectivity index is 1.90. The fourth-order valence-corrected chi connectivity index (χ4v) is 2.34. The van der Waals surface area contributed by atoms with Crippen molar-refractivity contribution in [3.8, 4) is 0 Å². The standard InChI is InChI=1S/C13H14F2N2S/c1-2-13-17-11(8-18-13)7-16-6-9-5-10(14)3-4-12(9)15/h3-5,8,16H,2,6-7H2,1H3. The van der Waals surface area contributed by atoms with Crippen LogP contribution in [0, 0.1) is 11.6 Å². The molecule has 0 aliphatic rings. The Morgan fingerprint density at radius 1 is 1.28 bits per heavy atom. The molecule has 0 aliphatic heterocycles. The fourth-order valence-electron chi connectivity index (χ4n) is 1.60. The van der Waals surface area contributed by atoms with E-state index in [-0.39, 0.29) is 0 Å². The van der Waals surface area contributed by atoms with E-state index in [0.29, 0.717) is 18.7 Å². The molecule has 0 aliphatic carbocycles. The Morgan fingerprint density at radius 2 is 2.11 bits per heavy atom. The summed E-state index contributed by atoms with van der Waals surface area (Å²) in [5.74, 6) is -0.813. The van der Waals surface area contributed by atoms with E-state index in [2.05, 4.69) is 17.2 Å². The topological polar surface area (TPSA) is 24.9 Å². The van der Waals surface area contributed by atoms with Gasteiger partial charge in [-0.15, -0.1) is 11.3 Å². The van der Waals surface area contributed by atoms with Gasteiger partial charge >= 0.3 is 0 Å². The second-order valence-electron chi connectivity index (χ2n) is 3.93. The summed E-state index contributed by atoms with van der Waals surface area (Å²) in [5, 5.41) is 6.13. The van der Waals surface area contributed by atoms with Crippen LogP contribution in [-0.4, -0.2) is 4.98 Å². The number of nitrogens with zero attached hydrogens (tertiary/aromatic N) is 1. The van der Waals surface area contributed by atoms with E-state index in [9.17, 15) is 8.78 Å². The molecule has 0 bridgehead atoms. The average molecular weight is 268 g/mol. The summed E-state index contributed by atoms with van der Waals surface area (Å²) in [6, 6.07) is 3.47. The first-order valence-electron chi connectivity index (χ1n) is 5.77. The molecule has 0 spiro atoms. The van der Waals surface area contributed by atoms with E-state index < -0.39 is 11.6 Å². The summed E-state index contributed by atoms with van der Waals surface area (Å²) in [6.07, 6.45) is 0.920.